The van der Waals surface area contributed by atoms with E-state index in [9.17, 15) is 9.59 Å². The van der Waals surface area contributed by atoms with Gasteiger partial charge in [-0.05, 0) is 24.7 Å². The molecule has 0 spiro atoms. The van der Waals surface area contributed by atoms with Crippen molar-refractivity contribution < 1.29 is 9.59 Å². The molecular weight excluding hydrogens is 230 g/mol. The molecule has 5 heteroatoms. The Labute approximate surface area is 109 Å². The zero-order valence-electron chi connectivity index (χ0n) is 11.5. The molecule has 1 unspecified atom stereocenters. The van der Waals surface area contributed by atoms with Gasteiger partial charge in [-0.1, -0.05) is 20.3 Å². The lowest BCUT2D eigenvalue weighted by Crippen LogP contribution is -2.48. The fourth-order valence-electron chi connectivity index (χ4n) is 2.69. The van der Waals surface area contributed by atoms with Crippen LogP contribution in [0.25, 0.3) is 0 Å². The minimum atomic E-state index is -0.281. The van der Waals surface area contributed by atoms with Crippen molar-refractivity contribution in [3.63, 3.8) is 0 Å². The normalized spacial score (nSPS) is 23.8. The molecule has 1 aliphatic rings. The number of rotatable bonds is 5. The Hall–Kier alpha value is -1.10. The summed E-state index contributed by atoms with van der Waals surface area (Å²) < 4.78 is 0. The lowest BCUT2D eigenvalue weighted by atomic mass is 9.78. The minimum Gasteiger partial charge on any atom is -0.346 e. The first kappa shape index (κ1) is 15.0. The molecule has 0 radical (unpaired) electrons. The molecule has 0 aromatic carbocycles. The zero-order valence-corrected chi connectivity index (χ0v) is 11.5. The molecule has 1 fully saturated rings. The summed E-state index contributed by atoms with van der Waals surface area (Å²) in [6, 6.07) is 0. The zero-order chi connectivity index (χ0) is 13.6. The van der Waals surface area contributed by atoms with Crippen LogP contribution < -0.4 is 11.1 Å². The predicted molar refractivity (Wildman–Crippen MR) is 70.9 cm³/mol. The molecule has 0 saturated carbocycles. The number of likely N-dealkylation sites (tertiary alicyclic amines) is 1. The molecule has 18 heavy (non-hydrogen) atoms. The summed E-state index contributed by atoms with van der Waals surface area (Å²) in [6.07, 6.45) is 4.52. The molecule has 0 bridgehead atoms. The van der Waals surface area contributed by atoms with E-state index in [4.69, 9.17) is 5.73 Å². The molecule has 2 amide bonds. The van der Waals surface area contributed by atoms with E-state index in [0.717, 1.165) is 32.4 Å². The molecule has 5 nitrogen and oxygen atoms in total. The number of hydrogen-bond acceptors (Lipinski definition) is 3. The second-order valence-electron chi connectivity index (χ2n) is 5.46. The summed E-state index contributed by atoms with van der Waals surface area (Å²) >= 11 is 0. The molecule has 1 saturated heterocycles. The van der Waals surface area contributed by atoms with Crippen molar-refractivity contribution in [2.24, 2.45) is 11.1 Å². The first-order chi connectivity index (χ1) is 8.50. The first-order valence-electron chi connectivity index (χ1n) is 6.75. The highest BCUT2D eigenvalue weighted by Gasteiger charge is 2.32. The van der Waals surface area contributed by atoms with E-state index in [1.54, 1.807) is 0 Å². The molecule has 1 heterocycles. The minimum absolute atomic E-state index is 0.00109. The van der Waals surface area contributed by atoms with Gasteiger partial charge in [-0.3, -0.25) is 9.59 Å². The van der Waals surface area contributed by atoms with Crippen LogP contribution in [0.1, 0.15) is 39.5 Å². The summed E-state index contributed by atoms with van der Waals surface area (Å²) in [5, 5.41) is 2.53. The smallest absolute Gasteiger partial charge is 0.241 e. The van der Waals surface area contributed by atoms with Crippen LogP contribution in [-0.4, -0.2) is 42.9 Å². The van der Waals surface area contributed by atoms with Crippen LogP contribution in [-0.2, 0) is 9.59 Å². The Bertz CT molecular complexity index is 303. The van der Waals surface area contributed by atoms with Gasteiger partial charge < -0.3 is 16.0 Å². The Balaban J connectivity index is 2.45. The number of nitrogens with one attached hydrogen (secondary N) is 1. The molecule has 1 atom stereocenters. The summed E-state index contributed by atoms with van der Waals surface area (Å²) in [7, 11) is 0. The summed E-state index contributed by atoms with van der Waals surface area (Å²) in [5.41, 5.74) is 5.42. The van der Waals surface area contributed by atoms with Crippen molar-refractivity contribution in [1.29, 1.82) is 0 Å². The molecule has 0 aliphatic carbocycles. The maximum Gasteiger partial charge on any atom is 0.241 e. The largest absolute Gasteiger partial charge is 0.346 e. The van der Waals surface area contributed by atoms with Crippen LogP contribution in [0.4, 0.5) is 0 Å². The Kier molecular flexibility index (Phi) is 5.59. The average Bonchev–Trinajstić information content (AvgIpc) is 2.35. The average molecular weight is 255 g/mol. The van der Waals surface area contributed by atoms with E-state index in [1.807, 2.05) is 4.90 Å². The van der Waals surface area contributed by atoms with Gasteiger partial charge in [0, 0.05) is 13.1 Å². The highest BCUT2D eigenvalue weighted by atomic mass is 16.2. The molecule has 1 rings (SSSR count). The Morgan fingerprint density at radius 3 is 2.78 bits per heavy atom. The van der Waals surface area contributed by atoms with E-state index in [-0.39, 0.29) is 30.3 Å². The van der Waals surface area contributed by atoms with Gasteiger partial charge in [0.1, 0.15) is 0 Å². The van der Waals surface area contributed by atoms with Crippen molar-refractivity contribution >= 4 is 11.8 Å². The quantitative estimate of drug-likeness (QED) is 0.750. The van der Waals surface area contributed by atoms with Crippen LogP contribution in [0, 0.1) is 5.41 Å². The summed E-state index contributed by atoms with van der Waals surface area (Å²) in [6.45, 7) is 6.02. The highest BCUT2D eigenvalue weighted by Crippen LogP contribution is 2.33. The van der Waals surface area contributed by atoms with Gasteiger partial charge in [-0.15, -0.1) is 0 Å². The number of piperidine rings is 1. The van der Waals surface area contributed by atoms with Crippen LogP contribution in [0.2, 0.25) is 0 Å². The molecule has 3 N–H and O–H groups in total. The Morgan fingerprint density at radius 2 is 2.17 bits per heavy atom. The third kappa shape index (κ3) is 4.29. The fourth-order valence-corrected chi connectivity index (χ4v) is 2.69. The predicted octanol–water partition coefficient (Wildman–Crippen LogP) is 0.490. The van der Waals surface area contributed by atoms with E-state index in [1.165, 1.54) is 6.42 Å². The van der Waals surface area contributed by atoms with Crippen LogP contribution in [0.3, 0.4) is 0 Å². The molecular formula is C13H25N3O2. The number of nitrogens with two attached hydrogens (primary N) is 1. The van der Waals surface area contributed by atoms with Crippen LogP contribution in [0.5, 0.6) is 0 Å². The van der Waals surface area contributed by atoms with Crippen molar-refractivity contribution in [3.8, 4) is 0 Å². The summed E-state index contributed by atoms with van der Waals surface area (Å²) in [5.74, 6) is -0.282. The van der Waals surface area contributed by atoms with Gasteiger partial charge >= 0.3 is 0 Å². The standard InChI is InChI=1S/C13H25N3O2/c1-3-5-13(2)6-4-7-16(10-13)12(18)9-15-11(17)8-14/h3-10,14H2,1-2H3,(H,15,17). The number of hydrogen-bond donors (Lipinski definition) is 2. The van der Waals surface area contributed by atoms with Gasteiger partial charge in [0.25, 0.3) is 0 Å². The second-order valence-corrected chi connectivity index (χ2v) is 5.46. The lowest BCUT2D eigenvalue weighted by molar-refractivity contribution is -0.135. The van der Waals surface area contributed by atoms with Crippen molar-refractivity contribution in [2.75, 3.05) is 26.2 Å². The topological polar surface area (TPSA) is 75.4 Å². The van der Waals surface area contributed by atoms with Crippen molar-refractivity contribution in [3.05, 3.63) is 0 Å². The first-order valence-corrected chi connectivity index (χ1v) is 6.75. The Morgan fingerprint density at radius 1 is 1.44 bits per heavy atom. The third-order valence-electron chi connectivity index (χ3n) is 3.61. The van der Waals surface area contributed by atoms with Crippen LogP contribution in [0.15, 0.2) is 0 Å². The number of amides is 2. The lowest BCUT2D eigenvalue weighted by Gasteiger charge is -2.40. The van der Waals surface area contributed by atoms with E-state index in [0.29, 0.717) is 0 Å². The number of nitrogens with zero attached hydrogens (tertiary/aromatic N) is 1. The second kappa shape index (κ2) is 6.73. The van der Waals surface area contributed by atoms with Gasteiger partial charge in [-0.25, -0.2) is 0 Å². The maximum absolute atomic E-state index is 12.0. The fraction of sp³-hybridized carbons (Fsp3) is 0.846. The number of carbonyl (C=O) groups excluding carboxylic acids is 2. The number of carbonyl (C=O) groups is 2. The van der Waals surface area contributed by atoms with Gasteiger partial charge in [-0.2, -0.15) is 0 Å². The van der Waals surface area contributed by atoms with Crippen molar-refractivity contribution in [2.45, 2.75) is 39.5 Å². The maximum atomic E-state index is 12.0. The van der Waals surface area contributed by atoms with E-state index in [2.05, 4.69) is 19.2 Å². The van der Waals surface area contributed by atoms with Crippen molar-refractivity contribution in [1.82, 2.24) is 10.2 Å². The van der Waals surface area contributed by atoms with Gasteiger partial charge in [0.15, 0.2) is 0 Å². The van der Waals surface area contributed by atoms with E-state index < -0.39 is 0 Å². The monoisotopic (exact) mass is 255 g/mol. The SMILES string of the molecule is CCCC1(C)CCCN(C(=O)CNC(=O)CN)C1. The van der Waals surface area contributed by atoms with E-state index >= 15 is 0 Å². The highest BCUT2D eigenvalue weighted by molar-refractivity contribution is 5.85. The summed E-state index contributed by atoms with van der Waals surface area (Å²) in [4.78, 5) is 24.9. The van der Waals surface area contributed by atoms with Gasteiger partial charge in [0.05, 0.1) is 13.1 Å². The molecule has 1 aliphatic heterocycles. The van der Waals surface area contributed by atoms with Crippen LogP contribution >= 0.6 is 0 Å². The molecule has 104 valence electrons. The third-order valence-corrected chi connectivity index (χ3v) is 3.61. The van der Waals surface area contributed by atoms with Gasteiger partial charge in [0.2, 0.25) is 11.8 Å². The molecule has 0 aromatic rings. The molecule has 0 aromatic heterocycles.